The molecule has 3 N–H and O–H groups in total. The van der Waals surface area contributed by atoms with Gasteiger partial charge < -0.3 is 20.6 Å². The maximum atomic E-state index is 13.2. The molecular weight excluding hydrogens is 520 g/mol. The third kappa shape index (κ3) is 7.28. The van der Waals surface area contributed by atoms with Gasteiger partial charge >= 0.3 is 5.97 Å². The number of benzene rings is 3. The molecule has 0 spiro atoms. The highest BCUT2D eigenvalue weighted by Crippen LogP contribution is 2.26. The van der Waals surface area contributed by atoms with Crippen LogP contribution in [0.3, 0.4) is 0 Å². The van der Waals surface area contributed by atoms with Crippen molar-refractivity contribution in [2.24, 2.45) is 11.8 Å². The first kappa shape index (κ1) is 28.4. The molecule has 3 amide bonds. The first-order chi connectivity index (χ1) is 19.2. The number of halogens is 2. The zero-order valence-corrected chi connectivity index (χ0v) is 21.6. The molecule has 1 heterocycles. The fourth-order valence-electron chi connectivity index (χ4n) is 4.66. The number of carboxylic acids is 1. The highest BCUT2D eigenvalue weighted by atomic mass is 19.1. The van der Waals surface area contributed by atoms with Crippen LogP contribution < -0.4 is 10.6 Å². The fraction of sp³-hybridized carbons (Fsp3) is 0.267. The number of carboxylic acid groups (broad SMARTS) is 1. The Kier molecular flexibility index (Phi) is 9.21. The molecule has 4 rings (SSSR count). The van der Waals surface area contributed by atoms with Gasteiger partial charge in [-0.25, -0.2) is 13.6 Å². The van der Waals surface area contributed by atoms with E-state index < -0.39 is 23.7 Å². The van der Waals surface area contributed by atoms with Crippen molar-refractivity contribution in [3.63, 3.8) is 0 Å². The lowest BCUT2D eigenvalue weighted by Gasteiger charge is -2.17. The Labute approximate surface area is 230 Å². The van der Waals surface area contributed by atoms with Crippen LogP contribution in [-0.2, 0) is 22.4 Å². The molecule has 0 radical (unpaired) electrons. The van der Waals surface area contributed by atoms with Crippen LogP contribution in [0.1, 0.15) is 31.8 Å². The Hall–Kier alpha value is -4.60. The second kappa shape index (κ2) is 13.0. The molecule has 8 nitrogen and oxygen atoms in total. The standard InChI is InChI=1S/C30H29F2N3O5/c31-23-9-1-19(2-10-23)13-15-33-27(36)25-17-35(29(38)21-5-7-22(8-6-21)30(39)40)18-26(25)28(37)34-16-14-20-3-11-24(32)12-4-20/h1-12,25-26H,13-18H2,(H,33,36)(H,34,37)(H,39,40)/t25-,26?/m1/s1. The molecule has 0 bridgehead atoms. The molecule has 1 saturated heterocycles. The summed E-state index contributed by atoms with van der Waals surface area (Å²) in [5, 5.41) is 14.8. The van der Waals surface area contributed by atoms with Crippen molar-refractivity contribution < 1.29 is 33.1 Å². The van der Waals surface area contributed by atoms with Crippen LogP contribution in [0.15, 0.2) is 72.8 Å². The zero-order valence-electron chi connectivity index (χ0n) is 21.6. The third-order valence-electron chi connectivity index (χ3n) is 6.91. The third-order valence-corrected chi connectivity index (χ3v) is 6.91. The molecule has 10 heteroatoms. The van der Waals surface area contributed by atoms with Gasteiger partial charge in [0.05, 0.1) is 17.4 Å². The van der Waals surface area contributed by atoms with Crippen molar-refractivity contribution in [1.29, 1.82) is 0 Å². The summed E-state index contributed by atoms with van der Waals surface area (Å²) < 4.78 is 26.3. The second-order valence-electron chi connectivity index (χ2n) is 9.64. The van der Waals surface area contributed by atoms with Crippen LogP contribution in [0.2, 0.25) is 0 Å². The van der Waals surface area contributed by atoms with E-state index in [1.165, 1.54) is 53.4 Å². The van der Waals surface area contributed by atoms with Crippen molar-refractivity contribution in [3.8, 4) is 0 Å². The monoisotopic (exact) mass is 549 g/mol. The first-order valence-corrected chi connectivity index (χ1v) is 12.9. The number of nitrogens with one attached hydrogen (secondary N) is 2. The van der Waals surface area contributed by atoms with E-state index in [0.717, 1.165) is 11.1 Å². The Morgan fingerprint density at radius 2 is 1.07 bits per heavy atom. The van der Waals surface area contributed by atoms with E-state index in [1.54, 1.807) is 24.3 Å². The molecule has 1 aliphatic rings. The molecule has 0 aliphatic carbocycles. The summed E-state index contributed by atoms with van der Waals surface area (Å²) in [7, 11) is 0. The molecule has 1 fully saturated rings. The van der Waals surface area contributed by atoms with Gasteiger partial charge in [-0.15, -0.1) is 0 Å². The smallest absolute Gasteiger partial charge is 0.335 e. The first-order valence-electron chi connectivity index (χ1n) is 12.9. The van der Waals surface area contributed by atoms with Gasteiger partial charge in [0.2, 0.25) is 11.8 Å². The van der Waals surface area contributed by atoms with Gasteiger partial charge in [0, 0.05) is 31.7 Å². The number of hydrogen-bond donors (Lipinski definition) is 3. The Morgan fingerprint density at radius 3 is 1.48 bits per heavy atom. The lowest BCUT2D eigenvalue weighted by molar-refractivity contribution is -0.132. The van der Waals surface area contributed by atoms with Crippen molar-refractivity contribution in [2.75, 3.05) is 26.2 Å². The molecule has 3 aromatic rings. The largest absolute Gasteiger partial charge is 0.478 e. The van der Waals surface area contributed by atoms with Gasteiger partial charge in [0.1, 0.15) is 11.6 Å². The maximum Gasteiger partial charge on any atom is 0.335 e. The van der Waals surface area contributed by atoms with Gasteiger partial charge in [-0.3, -0.25) is 14.4 Å². The molecule has 1 unspecified atom stereocenters. The minimum Gasteiger partial charge on any atom is -0.478 e. The minimum atomic E-state index is -1.12. The number of carbonyl (C=O) groups excluding carboxylic acids is 3. The highest BCUT2D eigenvalue weighted by molar-refractivity contribution is 5.98. The van der Waals surface area contributed by atoms with Crippen molar-refractivity contribution in [1.82, 2.24) is 15.5 Å². The van der Waals surface area contributed by atoms with Crippen LogP contribution in [0, 0.1) is 23.5 Å². The minimum absolute atomic E-state index is 0.0119. The van der Waals surface area contributed by atoms with Gasteiger partial charge in [-0.05, 0) is 72.5 Å². The SMILES string of the molecule is O=C(O)c1ccc(C(=O)N2CC(C(=O)NCCc3ccc(F)cc3)[C@H](C(=O)NCCc3ccc(F)cc3)C2)cc1. The van der Waals surface area contributed by atoms with Crippen LogP contribution in [-0.4, -0.2) is 59.9 Å². The topological polar surface area (TPSA) is 116 Å². The van der Waals surface area contributed by atoms with Crippen LogP contribution in [0.25, 0.3) is 0 Å². The number of aromatic carboxylic acids is 1. The molecule has 0 saturated carbocycles. The average Bonchev–Trinajstić information content (AvgIpc) is 3.41. The molecule has 208 valence electrons. The van der Waals surface area contributed by atoms with E-state index >= 15 is 0 Å². The summed E-state index contributed by atoms with van der Waals surface area (Å²) >= 11 is 0. The number of likely N-dealkylation sites (tertiary alicyclic amines) is 1. The second-order valence-corrected chi connectivity index (χ2v) is 9.64. The molecule has 1 aliphatic heterocycles. The number of nitrogens with zero attached hydrogens (tertiary/aromatic N) is 1. The van der Waals surface area contributed by atoms with E-state index in [1.807, 2.05) is 0 Å². The van der Waals surface area contributed by atoms with Crippen LogP contribution in [0.5, 0.6) is 0 Å². The number of hydrogen-bond acceptors (Lipinski definition) is 4. The lowest BCUT2D eigenvalue weighted by atomic mass is 9.94. The number of rotatable bonds is 10. The number of carbonyl (C=O) groups is 4. The maximum absolute atomic E-state index is 13.2. The summed E-state index contributed by atoms with van der Waals surface area (Å²) in [5.41, 5.74) is 1.96. The molecule has 0 aromatic heterocycles. The Balaban J connectivity index is 1.41. The van der Waals surface area contributed by atoms with Crippen molar-refractivity contribution in [3.05, 3.63) is 107 Å². The van der Waals surface area contributed by atoms with Gasteiger partial charge in [-0.1, -0.05) is 24.3 Å². The lowest BCUT2D eigenvalue weighted by Crippen LogP contribution is -2.42. The van der Waals surface area contributed by atoms with Crippen LogP contribution >= 0.6 is 0 Å². The summed E-state index contributed by atoms with van der Waals surface area (Å²) in [5.74, 6) is -4.60. The average molecular weight is 550 g/mol. The molecule has 40 heavy (non-hydrogen) atoms. The van der Waals surface area contributed by atoms with E-state index in [9.17, 15) is 28.0 Å². The predicted octanol–water partition coefficient (Wildman–Crippen LogP) is 3.07. The summed E-state index contributed by atoms with van der Waals surface area (Å²) in [6.45, 7) is 0.560. The van der Waals surface area contributed by atoms with Gasteiger partial charge in [0.25, 0.3) is 5.91 Å². The predicted molar refractivity (Wildman–Crippen MR) is 143 cm³/mol. The summed E-state index contributed by atoms with van der Waals surface area (Å²) in [6, 6.07) is 17.3. The van der Waals surface area contributed by atoms with Crippen molar-refractivity contribution >= 4 is 23.7 Å². The van der Waals surface area contributed by atoms with Crippen molar-refractivity contribution in [2.45, 2.75) is 12.8 Å². The summed E-state index contributed by atoms with van der Waals surface area (Å²) in [4.78, 5) is 52.1. The molecule has 3 aromatic carbocycles. The molecular formula is C30H29F2N3O5. The normalized spacial score (nSPS) is 16.4. The van der Waals surface area contributed by atoms with Gasteiger partial charge in [0.15, 0.2) is 0 Å². The quantitative estimate of drug-likeness (QED) is 0.360. The summed E-state index contributed by atoms with van der Waals surface area (Å²) in [6.07, 6.45) is 0.928. The number of amides is 3. The Bertz CT molecular complexity index is 1290. The van der Waals surface area contributed by atoms with Crippen LogP contribution in [0.4, 0.5) is 8.78 Å². The van der Waals surface area contributed by atoms with E-state index in [0.29, 0.717) is 12.8 Å². The van der Waals surface area contributed by atoms with E-state index in [4.69, 9.17) is 5.11 Å². The highest BCUT2D eigenvalue weighted by Gasteiger charge is 2.43. The molecule has 2 atom stereocenters. The zero-order chi connectivity index (χ0) is 28.6. The van der Waals surface area contributed by atoms with Gasteiger partial charge in [-0.2, -0.15) is 0 Å². The van der Waals surface area contributed by atoms with E-state index in [2.05, 4.69) is 10.6 Å². The van der Waals surface area contributed by atoms with E-state index in [-0.39, 0.29) is 60.8 Å². The Morgan fingerprint density at radius 1 is 0.675 bits per heavy atom. The fourth-order valence-corrected chi connectivity index (χ4v) is 4.66.